The Bertz CT molecular complexity index is 717. The first-order valence-electron chi connectivity index (χ1n) is 6.97. The zero-order valence-electron chi connectivity index (χ0n) is 12.9. The van der Waals surface area contributed by atoms with E-state index in [0.717, 1.165) is 10.5 Å². The predicted molar refractivity (Wildman–Crippen MR) is 92.3 cm³/mol. The minimum absolute atomic E-state index is 0.0586. The van der Waals surface area contributed by atoms with E-state index in [4.69, 9.17) is 4.74 Å². The molecule has 0 heterocycles. The van der Waals surface area contributed by atoms with Gasteiger partial charge in [-0.2, -0.15) is 5.10 Å². The molecule has 2 aromatic carbocycles. The number of aryl methyl sites for hydroxylation is 1. The van der Waals surface area contributed by atoms with Crippen LogP contribution in [0.15, 0.2) is 52.5 Å². The monoisotopic (exact) mass is 330 g/mol. The van der Waals surface area contributed by atoms with Crippen LogP contribution in [0.4, 0.5) is 0 Å². The van der Waals surface area contributed by atoms with E-state index < -0.39 is 0 Å². The number of aromatic hydroxyl groups is 1. The minimum Gasteiger partial charge on any atom is -0.504 e. The SMILES string of the molecule is COc1cc(/C=N\NC(=O)CSc2ccccc2C)ccc1O. The highest BCUT2D eigenvalue weighted by Gasteiger charge is 2.04. The number of phenolic OH excluding ortho intramolecular Hbond substituents is 1. The lowest BCUT2D eigenvalue weighted by molar-refractivity contribution is -0.118. The number of rotatable bonds is 6. The second-order valence-corrected chi connectivity index (χ2v) is 5.80. The largest absolute Gasteiger partial charge is 0.504 e. The van der Waals surface area contributed by atoms with Gasteiger partial charge in [0, 0.05) is 4.90 Å². The summed E-state index contributed by atoms with van der Waals surface area (Å²) in [6.45, 7) is 2.01. The third kappa shape index (κ3) is 5.03. The molecule has 0 atom stereocenters. The number of carbonyl (C=O) groups is 1. The van der Waals surface area contributed by atoms with E-state index in [0.29, 0.717) is 17.1 Å². The fourth-order valence-electron chi connectivity index (χ4n) is 1.85. The van der Waals surface area contributed by atoms with Crippen LogP contribution in [0, 0.1) is 6.92 Å². The number of phenols is 1. The van der Waals surface area contributed by atoms with Gasteiger partial charge in [-0.15, -0.1) is 11.8 Å². The smallest absolute Gasteiger partial charge is 0.250 e. The summed E-state index contributed by atoms with van der Waals surface area (Å²) >= 11 is 1.47. The maximum absolute atomic E-state index is 11.8. The molecule has 0 aliphatic rings. The average molecular weight is 330 g/mol. The molecule has 120 valence electrons. The summed E-state index contributed by atoms with van der Waals surface area (Å²) in [7, 11) is 1.47. The van der Waals surface area contributed by atoms with Crippen LogP contribution in [0.5, 0.6) is 11.5 Å². The molecule has 0 fully saturated rings. The summed E-state index contributed by atoms with van der Waals surface area (Å²) in [4.78, 5) is 12.9. The van der Waals surface area contributed by atoms with Gasteiger partial charge in [-0.25, -0.2) is 5.43 Å². The molecular formula is C17H18N2O3S. The molecule has 2 rings (SSSR count). The van der Waals surface area contributed by atoms with Crippen LogP contribution < -0.4 is 10.2 Å². The van der Waals surface area contributed by atoms with Gasteiger partial charge in [0.2, 0.25) is 5.91 Å². The Labute approximate surface area is 139 Å². The molecule has 0 saturated heterocycles. The standard InChI is InChI=1S/C17H18N2O3S/c1-12-5-3-4-6-16(12)23-11-17(21)19-18-10-13-7-8-14(20)15(9-13)22-2/h3-10,20H,11H2,1-2H3,(H,19,21)/b18-10-. The number of thioether (sulfide) groups is 1. The lowest BCUT2D eigenvalue weighted by Crippen LogP contribution is -2.19. The van der Waals surface area contributed by atoms with Gasteiger partial charge in [-0.1, -0.05) is 18.2 Å². The number of amides is 1. The number of hydrogen-bond acceptors (Lipinski definition) is 5. The van der Waals surface area contributed by atoms with Gasteiger partial charge in [0.25, 0.3) is 0 Å². The van der Waals surface area contributed by atoms with E-state index in [1.54, 1.807) is 12.1 Å². The Morgan fingerprint density at radius 1 is 1.35 bits per heavy atom. The fourth-order valence-corrected chi connectivity index (χ4v) is 2.67. The van der Waals surface area contributed by atoms with Crippen LogP contribution >= 0.6 is 11.8 Å². The zero-order chi connectivity index (χ0) is 16.7. The van der Waals surface area contributed by atoms with Gasteiger partial charge in [-0.05, 0) is 42.3 Å². The lowest BCUT2D eigenvalue weighted by atomic mass is 10.2. The summed E-state index contributed by atoms with van der Waals surface area (Å²) in [5.41, 5.74) is 4.34. The number of hydrogen-bond donors (Lipinski definition) is 2. The van der Waals surface area contributed by atoms with Crippen molar-refractivity contribution < 1.29 is 14.6 Å². The van der Waals surface area contributed by atoms with Crippen LogP contribution in [-0.2, 0) is 4.79 Å². The van der Waals surface area contributed by atoms with E-state index in [1.165, 1.54) is 31.2 Å². The van der Waals surface area contributed by atoms with Crippen molar-refractivity contribution in [3.63, 3.8) is 0 Å². The maximum atomic E-state index is 11.8. The number of nitrogens with zero attached hydrogens (tertiary/aromatic N) is 1. The van der Waals surface area contributed by atoms with Crippen molar-refractivity contribution in [3.8, 4) is 11.5 Å². The molecule has 0 bridgehead atoms. The number of carbonyl (C=O) groups excluding carboxylic acids is 1. The third-order valence-corrected chi connectivity index (χ3v) is 4.23. The normalized spacial score (nSPS) is 10.7. The molecule has 0 spiro atoms. The van der Waals surface area contributed by atoms with E-state index in [9.17, 15) is 9.90 Å². The first kappa shape index (κ1) is 16.9. The van der Waals surface area contributed by atoms with Gasteiger partial charge in [0.15, 0.2) is 11.5 Å². The molecule has 2 aromatic rings. The van der Waals surface area contributed by atoms with Crippen molar-refractivity contribution in [2.45, 2.75) is 11.8 Å². The molecule has 23 heavy (non-hydrogen) atoms. The molecule has 0 saturated carbocycles. The first-order valence-corrected chi connectivity index (χ1v) is 7.96. The van der Waals surface area contributed by atoms with Crippen LogP contribution in [0.25, 0.3) is 0 Å². The quantitative estimate of drug-likeness (QED) is 0.485. The third-order valence-electron chi connectivity index (χ3n) is 3.06. The Morgan fingerprint density at radius 3 is 2.87 bits per heavy atom. The number of methoxy groups -OCH3 is 1. The van der Waals surface area contributed by atoms with Gasteiger partial charge >= 0.3 is 0 Å². The number of ether oxygens (including phenoxy) is 1. The number of nitrogens with one attached hydrogen (secondary N) is 1. The van der Waals surface area contributed by atoms with Crippen LogP contribution in [-0.4, -0.2) is 30.1 Å². The van der Waals surface area contributed by atoms with E-state index >= 15 is 0 Å². The molecule has 0 aromatic heterocycles. The Balaban J connectivity index is 1.85. The Hall–Kier alpha value is -2.47. The van der Waals surface area contributed by atoms with E-state index in [-0.39, 0.29) is 11.7 Å². The molecule has 0 unspecified atom stereocenters. The lowest BCUT2D eigenvalue weighted by Gasteiger charge is -2.04. The van der Waals surface area contributed by atoms with Gasteiger partial charge in [0.05, 0.1) is 19.1 Å². The first-order chi connectivity index (χ1) is 11.1. The van der Waals surface area contributed by atoms with Crippen molar-refractivity contribution in [1.29, 1.82) is 0 Å². The molecule has 0 aliphatic carbocycles. The maximum Gasteiger partial charge on any atom is 0.250 e. The number of hydrazone groups is 1. The molecule has 6 heteroatoms. The van der Waals surface area contributed by atoms with E-state index in [2.05, 4.69) is 10.5 Å². The van der Waals surface area contributed by atoms with Crippen molar-refractivity contribution in [3.05, 3.63) is 53.6 Å². The van der Waals surface area contributed by atoms with Crippen LogP contribution in [0.3, 0.4) is 0 Å². The van der Waals surface area contributed by atoms with Gasteiger partial charge in [-0.3, -0.25) is 4.79 Å². The predicted octanol–water partition coefficient (Wildman–Crippen LogP) is 2.95. The summed E-state index contributed by atoms with van der Waals surface area (Å²) in [6, 6.07) is 12.7. The summed E-state index contributed by atoms with van der Waals surface area (Å²) in [5, 5.41) is 13.4. The van der Waals surface area contributed by atoms with Gasteiger partial charge < -0.3 is 9.84 Å². The fraction of sp³-hybridized carbons (Fsp3) is 0.176. The van der Waals surface area contributed by atoms with E-state index in [1.807, 2.05) is 31.2 Å². The van der Waals surface area contributed by atoms with Crippen molar-refractivity contribution in [1.82, 2.24) is 5.43 Å². The second-order valence-electron chi connectivity index (χ2n) is 4.78. The molecule has 5 nitrogen and oxygen atoms in total. The highest BCUT2D eigenvalue weighted by Crippen LogP contribution is 2.25. The Morgan fingerprint density at radius 2 is 2.13 bits per heavy atom. The topological polar surface area (TPSA) is 70.9 Å². The molecule has 0 aliphatic heterocycles. The average Bonchev–Trinajstić information content (AvgIpc) is 2.55. The van der Waals surface area contributed by atoms with Crippen molar-refractivity contribution >= 4 is 23.9 Å². The molecule has 2 N–H and O–H groups in total. The highest BCUT2D eigenvalue weighted by molar-refractivity contribution is 8.00. The molecule has 1 amide bonds. The highest BCUT2D eigenvalue weighted by atomic mass is 32.2. The summed E-state index contributed by atoms with van der Waals surface area (Å²) in [6.07, 6.45) is 1.50. The minimum atomic E-state index is -0.180. The molecule has 0 radical (unpaired) electrons. The Kier molecular flexibility index (Phi) is 6.05. The van der Waals surface area contributed by atoms with Crippen molar-refractivity contribution in [2.75, 3.05) is 12.9 Å². The summed E-state index contributed by atoms with van der Waals surface area (Å²) < 4.78 is 5.01. The molecular weight excluding hydrogens is 312 g/mol. The van der Waals surface area contributed by atoms with Crippen LogP contribution in [0.2, 0.25) is 0 Å². The van der Waals surface area contributed by atoms with Gasteiger partial charge in [0.1, 0.15) is 0 Å². The zero-order valence-corrected chi connectivity index (χ0v) is 13.8. The number of benzene rings is 2. The van der Waals surface area contributed by atoms with Crippen molar-refractivity contribution in [2.24, 2.45) is 5.10 Å². The summed E-state index contributed by atoms with van der Waals surface area (Å²) in [5.74, 6) is 0.528. The van der Waals surface area contributed by atoms with Crippen LogP contribution in [0.1, 0.15) is 11.1 Å². The second kappa shape index (κ2) is 8.24.